The van der Waals surface area contributed by atoms with Crippen molar-refractivity contribution in [2.45, 2.75) is 19.8 Å². The number of anilines is 1. The van der Waals surface area contributed by atoms with Gasteiger partial charge in [-0.3, -0.25) is 4.79 Å². The summed E-state index contributed by atoms with van der Waals surface area (Å²) in [5.74, 6) is -0.507. The Kier molecular flexibility index (Phi) is 6.31. The van der Waals surface area contributed by atoms with E-state index in [0.29, 0.717) is 29.0 Å². The van der Waals surface area contributed by atoms with Crippen LogP contribution < -0.4 is 16.3 Å². The topological polar surface area (TPSA) is 94.8 Å². The number of carbonyl (C=O) groups is 1. The number of nitrogens with one attached hydrogen (secondary N) is 2. The molecule has 5 rings (SSSR count). The van der Waals surface area contributed by atoms with Crippen molar-refractivity contribution < 1.29 is 14.3 Å². The molecule has 1 aromatic heterocycles. The summed E-state index contributed by atoms with van der Waals surface area (Å²) >= 11 is 0. The summed E-state index contributed by atoms with van der Waals surface area (Å²) in [6, 6.07) is 12.2. The highest BCUT2D eigenvalue weighted by atomic mass is 16.4. The van der Waals surface area contributed by atoms with Crippen LogP contribution in [0.1, 0.15) is 40.1 Å². The highest BCUT2D eigenvalue weighted by Gasteiger charge is 2.22. The molecule has 0 saturated heterocycles. The Labute approximate surface area is 208 Å². The molecule has 0 spiro atoms. The van der Waals surface area contributed by atoms with Crippen LogP contribution in [0.3, 0.4) is 0 Å². The zero-order valence-electron chi connectivity index (χ0n) is 20.1. The quantitative estimate of drug-likeness (QED) is 0.400. The van der Waals surface area contributed by atoms with E-state index in [-0.39, 0.29) is 16.9 Å². The third-order valence-corrected chi connectivity index (χ3v) is 6.39. The summed E-state index contributed by atoms with van der Waals surface area (Å²) in [7, 11) is 0. The van der Waals surface area contributed by atoms with Crippen molar-refractivity contribution >= 4 is 28.2 Å². The molecule has 3 heterocycles. The van der Waals surface area contributed by atoms with Crippen molar-refractivity contribution in [3.05, 3.63) is 117 Å². The highest BCUT2D eigenvalue weighted by molar-refractivity contribution is 5.94. The Morgan fingerprint density at radius 3 is 2.83 bits per heavy atom. The predicted octanol–water partition coefficient (Wildman–Crippen LogP) is 5.19. The number of carboxylic acids is 1. The summed E-state index contributed by atoms with van der Waals surface area (Å²) in [6.45, 7) is 5.25. The van der Waals surface area contributed by atoms with Gasteiger partial charge in [-0.2, -0.15) is 0 Å². The predicted molar refractivity (Wildman–Crippen MR) is 142 cm³/mol. The number of benzene rings is 2. The van der Waals surface area contributed by atoms with E-state index in [1.807, 2.05) is 56.5 Å². The highest BCUT2D eigenvalue weighted by Crippen LogP contribution is 2.34. The molecule has 36 heavy (non-hydrogen) atoms. The second-order valence-electron chi connectivity index (χ2n) is 9.02. The first-order chi connectivity index (χ1) is 17.4. The van der Waals surface area contributed by atoms with Crippen molar-refractivity contribution in [1.29, 1.82) is 0 Å². The number of allylic oxidation sites excluding steroid dienone is 5. The molecule has 0 saturated carbocycles. The summed E-state index contributed by atoms with van der Waals surface area (Å²) in [5, 5.41) is 9.95. The molecule has 2 aliphatic rings. The van der Waals surface area contributed by atoms with Gasteiger partial charge in [-0.25, -0.2) is 10.2 Å². The number of aromatic carboxylic acids is 1. The first kappa shape index (κ1) is 23.4. The zero-order valence-corrected chi connectivity index (χ0v) is 20.1. The molecule has 3 aromatic rings. The molecular formula is C29H27N3O4. The van der Waals surface area contributed by atoms with Crippen LogP contribution >= 0.6 is 0 Å². The number of aryl methyl sites for hydroxylation is 1. The molecule has 2 aliphatic heterocycles. The Hall–Kier alpha value is -4.36. The number of nitrogens with zero attached hydrogens (tertiary/aromatic N) is 1. The molecule has 7 nitrogen and oxygen atoms in total. The largest absolute Gasteiger partial charge is 0.478 e. The van der Waals surface area contributed by atoms with Crippen LogP contribution in [0, 0.1) is 6.92 Å². The fourth-order valence-electron chi connectivity index (χ4n) is 4.57. The number of hydrogen-bond donors (Lipinski definition) is 3. The summed E-state index contributed by atoms with van der Waals surface area (Å²) in [5.41, 5.74) is 11.0. The smallest absolute Gasteiger partial charge is 0.337 e. The van der Waals surface area contributed by atoms with Gasteiger partial charge in [0, 0.05) is 30.9 Å². The van der Waals surface area contributed by atoms with E-state index in [2.05, 4.69) is 21.8 Å². The first-order valence-electron chi connectivity index (χ1n) is 11.8. The van der Waals surface area contributed by atoms with Gasteiger partial charge < -0.3 is 19.8 Å². The minimum absolute atomic E-state index is 0.0381. The third kappa shape index (κ3) is 4.48. The number of para-hydroxylation sites is 1. The lowest BCUT2D eigenvalue weighted by Crippen LogP contribution is -2.27. The molecule has 0 radical (unpaired) electrons. The minimum Gasteiger partial charge on any atom is -0.478 e. The zero-order chi connectivity index (χ0) is 25.2. The normalized spacial score (nSPS) is 15.3. The van der Waals surface area contributed by atoms with E-state index in [4.69, 9.17) is 4.42 Å². The summed E-state index contributed by atoms with van der Waals surface area (Å²) < 4.78 is 6.43. The lowest BCUT2D eigenvalue weighted by atomic mass is 9.95. The average Bonchev–Trinajstić information content (AvgIpc) is 2.88. The molecule has 0 bridgehead atoms. The van der Waals surface area contributed by atoms with Gasteiger partial charge in [0.15, 0.2) is 5.43 Å². The van der Waals surface area contributed by atoms with Gasteiger partial charge in [-0.15, -0.1) is 0 Å². The second-order valence-corrected chi connectivity index (χ2v) is 9.02. The monoisotopic (exact) mass is 481 g/mol. The summed E-state index contributed by atoms with van der Waals surface area (Å²) in [4.78, 5) is 26.8. The molecule has 2 aromatic carbocycles. The van der Waals surface area contributed by atoms with Crippen LogP contribution in [-0.2, 0) is 0 Å². The molecule has 0 aliphatic carbocycles. The lowest BCUT2D eigenvalue weighted by Gasteiger charge is -2.28. The molecule has 1 atom stereocenters. The number of hydrazine groups is 1. The maximum Gasteiger partial charge on any atom is 0.337 e. The van der Waals surface area contributed by atoms with Crippen molar-refractivity contribution in [3.63, 3.8) is 0 Å². The number of fused-ring (bicyclic) bond motifs is 2. The van der Waals surface area contributed by atoms with E-state index in [1.165, 1.54) is 0 Å². The maximum atomic E-state index is 13.2. The second kappa shape index (κ2) is 9.71. The van der Waals surface area contributed by atoms with Crippen LogP contribution in [0.15, 0.2) is 94.0 Å². The van der Waals surface area contributed by atoms with Crippen molar-refractivity contribution in [3.8, 4) is 0 Å². The fourth-order valence-corrected chi connectivity index (χ4v) is 4.57. The van der Waals surface area contributed by atoms with Crippen LogP contribution in [0.4, 0.5) is 5.69 Å². The van der Waals surface area contributed by atoms with Crippen LogP contribution in [0.2, 0.25) is 0 Å². The van der Waals surface area contributed by atoms with Gasteiger partial charge in [0.1, 0.15) is 11.3 Å². The fraction of sp³-hybridized carbons (Fsp3) is 0.172. The van der Waals surface area contributed by atoms with Gasteiger partial charge >= 0.3 is 5.97 Å². The van der Waals surface area contributed by atoms with E-state index >= 15 is 0 Å². The Morgan fingerprint density at radius 1 is 1.17 bits per heavy atom. The van der Waals surface area contributed by atoms with Gasteiger partial charge in [0.05, 0.1) is 22.3 Å². The van der Waals surface area contributed by atoms with Crippen LogP contribution in [0.5, 0.6) is 0 Å². The number of rotatable bonds is 7. The van der Waals surface area contributed by atoms with Gasteiger partial charge in [-0.05, 0) is 60.4 Å². The van der Waals surface area contributed by atoms with Gasteiger partial charge in [0.25, 0.3) is 0 Å². The molecule has 3 N–H and O–H groups in total. The molecule has 0 fully saturated rings. The first-order valence-corrected chi connectivity index (χ1v) is 11.8. The number of carboxylic acid groups (broad SMARTS) is 1. The molecule has 182 valence electrons. The van der Waals surface area contributed by atoms with Crippen LogP contribution in [0.25, 0.3) is 16.5 Å². The minimum atomic E-state index is -0.999. The van der Waals surface area contributed by atoms with Crippen molar-refractivity contribution in [1.82, 2.24) is 10.3 Å². The Morgan fingerprint density at radius 2 is 2.00 bits per heavy atom. The molecule has 7 heteroatoms. The molecule has 1 unspecified atom stereocenters. The van der Waals surface area contributed by atoms with Gasteiger partial charge in [-0.1, -0.05) is 37.3 Å². The van der Waals surface area contributed by atoms with Crippen molar-refractivity contribution in [2.75, 3.05) is 18.5 Å². The molecular weight excluding hydrogens is 454 g/mol. The third-order valence-electron chi connectivity index (χ3n) is 6.39. The van der Waals surface area contributed by atoms with E-state index in [1.54, 1.807) is 30.3 Å². The maximum absolute atomic E-state index is 13.2. The molecule has 0 amide bonds. The van der Waals surface area contributed by atoms with E-state index < -0.39 is 5.97 Å². The van der Waals surface area contributed by atoms with Crippen LogP contribution in [-0.4, -0.2) is 29.1 Å². The van der Waals surface area contributed by atoms with E-state index in [9.17, 15) is 14.7 Å². The number of hydrogen-bond acceptors (Lipinski definition) is 6. The summed E-state index contributed by atoms with van der Waals surface area (Å²) in [6.07, 6.45) is 12.0. The van der Waals surface area contributed by atoms with E-state index in [0.717, 1.165) is 28.9 Å². The van der Waals surface area contributed by atoms with Gasteiger partial charge in [0.2, 0.25) is 0 Å². The SMILES string of the molecule is Cc1cc(C(C)CNNc2ccccc2C(=O)O)c2oc(C3=CC=CN4CC=CC=C34)cc(=O)c2c1. The average molecular weight is 482 g/mol. The van der Waals surface area contributed by atoms with Crippen molar-refractivity contribution in [2.24, 2.45) is 0 Å². The Balaban J connectivity index is 1.47. The Bertz CT molecular complexity index is 1530. The standard InChI is InChI=1S/C29H27N3O4/c1-18-14-22(19(2)17-30-31-24-10-4-3-8-20(24)29(34)35)28-23(15-18)26(33)16-27(36-28)21-9-7-13-32-12-6-5-11-25(21)32/h3-11,13-16,19,30-31H,12,17H2,1-2H3,(H,34,35). The lowest BCUT2D eigenvalue weighted by molar-refractivity contribution is 0.0698.